The second kappa shape index (κ2) is 20.0. The van der Waals surface area contributed by atoms with E-state index in [-0.39, 0.29) is 35.7 Å². The Hall–Kier alpha value is -4.47. The van der Waals surface area contributed by atoms with Crippen molar-refractivity contribution in [3.05, 3.63) is 123 Å². The minimum Gasteiger partial charge on any atom is -0.395 e. The van der Waals surface area contributed by atoms with E-state index in [2.05, 4.69) is 68.3 Å². The first-order valence-corrected chi connectivity index (χ1v) is 28.0. The molecule has 3 aliphatic rings. The van der Waals surface area contributed by atoms with E-state index < -0.39 is 32.6 Å². The van der Waals surface area contributed by atoms with E-state index >= 15 is 0 Å². The summed E-state index contributed by atoms with van der Waals surface area (Å²) in [5.74, 6) is -0.857. The Morgan fingerprint density at radius 1 is 1.05 bits per heavy atom. The van der Waals surface area contributed by atoms with Crippen LogP contribution in [0.1, 0.15) is 61.0 Å². The van der Waals surface area contributed by atoms with Gasteiger partial charge in [-0.3, -0.25) is 24.7 Å². The van der Waals surface area contributed by atoms with Crippen LogP contribution in [-0.2, 0) is 16.4 Å². The van der Waals surface area contributed by atoms with Crippen molar-refractivity contribution in [3.63, 3.8) is 0 Å². The number of nitrogens with zero attached hydrogens (tertiary/aromatic N) is 5. The molecule has 0 bridgehead atoms. The number of H-pyrrole nitrogens is 1. The number of allylic oxidation sites excluding steroid dienone is 1. The first-order chi connectivity index (χ1) is 31.5. The van der Waals surface area contributed by atoms with Crippen LogP contribution < -0.4 is 9.62 Å². The Bertz CT molecular complexity index is 2800. The van der Waals surface area contributed by atoms with Crippen LogP contribution in [0.25, 0.3) is 16.6 Å². The summed E-state index contributed by atoms with van der Waals surface area (Å²) in [5, 5.41) is 24.2. The number of aliphatic hydroxyl groups is 1. The van der Waals surface area contributed by atoms with Gasteiger partial charge in [0.25, 0.3) is 21.6 Å². The molecule has 17 heteroatoms. The van der Waals surface area contributed by atoms with Gasteiger partial charge in [0.15, 0.2) is 0 Å². The van der Waals surface area contributed by atoms with E-state index in [0.29, 0.717) is 16.9 Å². The highest BCUT2D eigenvalue weighted by atomic mass is 35.5. The van der Waals surface area contributed by atoms with Crippen LogP contribution in [0.5, 0.6) is 0 Å². The SMILES string of the molecule is C=P1(C)CCN(C(CO)CCc2ccc(S(=O)(=O)NC(=O)c3ccc(N4CCN(CC5=C(c6ccc(Cl)cc6)CC(C)(C)CC5)CC4)cc3Sc3cnc4[nH]ccc4c3)cc2[N+](=O)[O-])CC1. The van der Waals surface area contributed by atoms with Gasteiger partial charge in [-0.15, -0.1) is 13.2 Å². The highest BCUT2D eigenvalue weighted by molar-refractivity contribution is 7.99. The number of aromatic nitrogens is 2. The molecule has 4 heterocycles. The van der Waals surface area contributed by atoms with Crippen molar-refractivity contribution in [2.45, 2.75) is 66.7 Å². The van der Waals surface area contributed by atoms with Crippen LogP contribution in [0.15, 0.2) is 105 Å². The minimum absolute atomic E-state index is 0.0850. The lowest BCUT2D eigenvalue weighted by atomic mass is 9.72. The molecular formula is C49H59ClN7O6PS2. The van der Waals surface area contributed by atoms with Gasteiger partial charge < -0.3 is 15.0 Å². The predicted octanol–water partition coefficient (Wildman–Crippen LogP) is 8.87. The van der Waals surface area contributed by atoms with Crippen molar-refractivity contribution in [1.82, 2.24) is 24.5 Å². The lowest BCUT2D eigenvalue weighted by Gasteiger charge is -2.39. The van der Waals surface area contributed by atoms with E-state index in [4.69, 9.17) is 11.6 Å². The van der Waals surface area contributed by atoms with Crippen molar-refractivity contribution >= 4 is 80.5 Å². The Morgan fingerprint density at radius 3 is 2.50 bits per heavy atom. The first-order valence-electron chi connectivity index (χ1n) is 22.5. The molecule has 5 aromatic rings. The number of aromatic amines is 1. The van der Waals surface area contributed by atoms with Crippen LogP contribution >= 0.6 is 30.2 Å². The fraction of sp³-hybridized carbons (Fsp3) is 0.408. The number of rotatable bonds is 15. The first kappa shape index (κ1) is 48.0. The molecule has 2 aromatic heterocycles. The van der Waals surface area contributed by atoms with Gasteiger partial charge in [-0.2, -0.15) is 0 Å². The van der Waals surface area contributed by atoms with Crippen LogP contribution in [0.3, 0.4) is 0 Å². The number of hydrogen-bond acceptors (Lipinski definition) is 11. The predicted molar refractivity (Wildman–Crippen MR) is 270 cm³/mol. The fourth-order valence-electron chi connectivity index (χ4n) is 9.35. The van der Waals surface area contributed by atoms with E-state index in [1.54, 1.807) is 18.5 Å². The third-order valence-electron chi connectivity index (χ3n) is 13.5. The molecule has 1 amide bonds. The molecule has 0 saturated carbocycles. The largest absolute Gasteiger partial charge is 0.395 e. The smallest absolute Gasteiger partial charge is 0.273 e. The number of carbonyl (C=O) groups excluding carboxylic acids is 1. The van der Waals surface area contributed by atoms with Gasteiger partial charge in [-0.1, -0.05) is 61.0 Å². The number of aryl methyl sites for hydroxylation is 1. The molecule has 2 fully saturated rings. The molecule has 13 nitrogen and oxygen atoms in total. The number of halogens is 1. The lowest BCUT2D eigenvalue weighted by Crippen LogP contribution is -2.47. The van der Waals surface area contributed by atoms with E-state index in [9.17, 15) is 28.4 Å². The number of benzene rings is 3. The zero-order valence-corrected chi connectivity index (χ0v) is 41.1. The lowest BCUT2D eigenvalue weighted by molar-refractivity contribution is -0.385. The van der Waals surface area contributed by atoms with E-state index in [1.807, 2.05) is 36.4 Å². The van der Waals surface area contributed by atoms with Gasteiger partial charge in [0.1, 0.15) is 5.65 Å². The number of amides is 1. The number of nitro benzene ring substituents is 1. The van der Waals surface area contributed by atoms with Crippen LogP contribution in [-0.4, -0.2) is 128 Å². The second-order valence-electron chi connectivity index (χ2n) is 19.0. The number of carbonyl (C=O) groups is 1. The number of sulfonamides is 1. The highest BCUT2D eigenvalue weighted by Crippen LogP contribution is 2.44. The van der Waals surface area contributed by atoms with Gasteiger partial charge >= 0.3 is 0 Å². The third kappa shape index (κ3) is 11.4. The molecule has 350 valence electrons. The summed E-state index contributed by atoms with van der Waals surface area (Å²) >= 11 is 7.57. The molecule has 8 rings (SSSR count). The molecule has 2 aliphatic heterocycles. The standard InChI is InChI=1S/C49H59ClN7O6PS2/c1-49(2)17-15-37(44(30-49)34-5-9-38(50)10-6-34)32-54-19-21-55(22-20-54)39-12-14-43(46(28-39)65-41-27-36-16-18-51-47(36)52-31-41)48(59)53-66(62,63)42-13-8-35(45(29-42)57(60)61)7-11-40(33-58)56-23-25-64(3,4)26-24-56/h5-6,8-10,12-14,16,18,27-29,31,40,58H,3,7,11,15,17,19-26,30,32-33H2,1-2,4H3,(H,51,52)(H,53,59). The molecule has 3 aromatic carbocycles. The number of hydrogen-bond donors (Lipinski definition) is 3. The van der Waals surface area contributed by atoms with Crippen LogP contribution in [0.4, 0.5) is 11.4 Å². The van der Waals surface area contributed by atoms with Gasteiger partial charge in [-0.25, -0.2) is 18.1 Å². The average molecular weight is 973 g/mol. The number of anilines is 1. The number of nitro groups is 1. The zero-order valence-electron chi connectivity index (χ0n) is 37.8. The summed E-state index contributed by atoms with van der Waals surface area (Å²) in [6.07, 6.45) is 13.8. The molecule has 3 N–H and O–H groups in total. The number of pyridine rings is 1. The van der Waals surface area contributed by atoms with E-state index in [0.717, 1.165) is 110 Å². The monoisotopic (exact) mass is 971 g/mol. The van der Waals surface area contributed by atoms with Crippen LogP contribution in [0.2, 0.25) is 5.02 Å². The maximum atomic E-state index is 14.1. The zero-order chi connectivity index (χ0) is 46.8. The van der Waals surface area contributed by atoms with Crippen molar-refractivity contribution in [1.29, 1.82) is 0 Å². The van der Waals surface area contributed by atoms with Crippen molar-refractivity contribution in [2.24, 2.45) is 5.41 Å². The molecule has 1 unspecified atom stereocenters. The third-order valence-corrected chi connectivity index (χ3v) is 18.6. The Kier molecular flexibility index (Phi) is 14.6. The van der Waals surface area contributed by atoms with Gasteiger partial charge in [0, 0.05) is 102 Å². The van der Waals surface area contributed by atoms with Crippen molar-refractivity contribution in [2.75, 3.05) is 76.3 Å². The molecule has 0 radical (unpaired) electrons. The maximum absolute atomic E-state index is 14.1. The second-order valence-corrected chi connectivity index (χ2v) is 26.4. The fourth-order valence-corrected chi connectivity index (χ4v) is 13.2. The van der Waals surface area contributed by atoms with E-state index in [1.165, 1.54) is 40.6 Å². The Balaban J connectivity index is 0.989. The minimum atomic E-state index is -4.54. The van der Waals surface area contributed by atoms with Gasteiger partial charge in [0.2, 0.25) is 0 Å². The number of aliphatic hydroxyl groups excluding tert-OH is 1. The van der Waals surface area contributed by atoms with Gasteiger partial charge in [0.05, 0.1) is 22.0 Å². The summed E-state index contributed by atoms with van der Waals surface area (Å²) in [5.41, 5.74) is 6.14. The average Bonchev–Trinajstić information content (AvgIpc) is 3.76. The molecule has 0 spiro atoms. The topological polar surface area (TPSA) is 165 Å². The maximum Gasteiger partial charge on any atom is 0.273 e. The number of piperazine rings is 1. The van der Waals surface area contributed by atoms with Crippen molar-refractivity contribution < 1.29 is 23.2 Å². The van der Waals surface area contributed by atoms with Crippen molar-refractivity contribution in [3.8, 4) is 0 Å². The molecular weight excluding hydrogens is 913 g/mol. The summed E-state index contributed by atoms with van der Waals surface area (Å²) in [6.45, 7) is 11.4. The molecule has 1 aliphatic carbocycles. The van der Waals surface area contributed by atoms with Crippen LogP contribution in [0, 0.1) is 15.5 Å². The number of nitrogens with one attached hydrogen (secondary N) is 2. The van der Waals surface area contributed by atoms with Gasteiger partial charge in [-0.05, 0) is 116 Å². The number of fused-ring (bicyclic) bond motifs is 1. The highest BCUT2D eigenvalue weighted by Gasteiger charge is 2.31. The summed E-state index contributed by atoms with van der Waals surface area (Å²) in [4.78, 5) is 41.4. The normalized spacial score (nSPS) is 18.7. The summed E-state index contributed by atoms with van der Waals surface area (Å²) in [7, 11) is -4.54. The molecule has 1 atom stereocenters. The Morgan fingerprint density at radius 2 is 1.79 bits per heavy atom. The Labute approximate surface area is 397 Å². The molecule has 66 heavy (non-hydrogen) atoms. The quantitative estimate of drug-likeness (QED) is 0.0522. The summed E-state index contributed by atoms with van der Waals surface area (Å²) < 4.78 is 29.9. The molecule has 2 saturated heterocycles. The summed E-state index contributed by atoms with van der Waals surface area (Å²) in [6, 6.07) is 21.1.